The van der Waals surface area contributed by atoms with E-state index in [1.54, 1.807) is 12.1 Å². The molecule has 0 radical (unpaired) electrons. The average molecular weight is 294 g/mol. The molecule has 0 bridgehead atoms. The van der Waals surface area contributed by atoms with Crippen molar-refractivity contribution in [2.24, 2.45) is 0 Å². The molecule has 0 atom stereocenters. The zero-order valence-electron chi connectivity index (χ0n) is 11.5. The van der Waals surface area contributed by atoms with Crippen LogP contribution in [-0.4, -0.2) is 14.7 Å². The normalized spacial score (nSPS) is 11.3. The van der Waals surface area contributed by atoms with Gasteiger partial charge in [-0.15, -0.1) is 0 Å². The first kappa shape index (κ1) is 14.5. The molecule has 0 amide bonds. The predicted octanol–water partition coefficient (Wildman–Crippen LogP) is 2.83. The number of benzene rings is 1. The average Bonchev–Trinajstić information content (AvgIpc) is 2.84. The molecular weight excluding hydrogens is 276 g/mol. The maximum absolute atomic E-state index is 11.1. The summed E-state index contributed by atoms with van der Waals surface area (Å²) in [7, 11) is -3.23. The Labute approximate surface area is 119 Å². The van der Waals surface area contributed by atoms with Gasteiger partial charge in [-0.1, -0.05) is 6.92 Å². The fraction of sp³-hybridized carbons (Fsp3) is 0.286. The van der Waals surface area contributed by atoms with Gasteiger partial charge in [-0.25, -0.2) is 8.42 Å². The second-order valence-corrected chi connectivity index (χ2v) is 6.28. The fourth-order valence-corrected chi connectivity index (χ4v) is 2.33. The minimum atomic E-state index is -3.23. The van der Waals surface area contributed by atoms with E-state index >= 15 is 0 Å². The molecule has 0 fully saturated rings. The summed E-state index contributed by atoms with van der Waals surface area (Å²) in [6, 6.07) is 11.0. The molecule has 1 aromatic carbocycles. The summed E-state index contributed by atoms with van der Waals surface area (Å²) in [4.78, 5) is 0. The highest BCUT2D eigenvalue weighted by Crippen LogP contribution is 2.16. The van der Waals surface area contributed by atoms with Gasteiger partial charge in [0, 0.05) is 17.8 Å². The van der Waals surface area contributed by atoms with Crippen molar-refractivity contribution in [3.8, 4) is 0 Å². The third kappa shape index (κ3) is 4.31. The van der Waals surface area contributed by atoms with E-state index in [-0.39, 0.29) is 0 Å². The van der Waals surface area contributed by atoms with Crippen molar-refractivity contribution < 1.29 is 12.8 Å². The standard InChI is InChI=1S/C14H18N2O3S/c1-3-13-8-9-14(19-13)10-15-11-4-6-12(7-5-11)16-20(2,17)18/h4-9,15-16H,3,10H2,1-2H3. The van der Waals surface area contributed by atoms with Crippen LogP contribution in [0.2, 0.25) is 0 Å². The molecule has 0 saturated carbocycles. The van der Waals surface area contributed by atoms with Crippen LogP contribution in [0.4, 0.5) is 11.4 Å². The van der Waals surface area contributed by atoms with Gasteiger partial charge in [-0.05, 0) is 36.4 Å². The molecule has 1 aromatic heterocycles. The Hall–Kier alpha value is -1.95. The van der Waals surface area contributed by atoms with Gasteiger partial charge in [0.05, 0.1) is 12.8 Å². The molecule has 6 heteroatoms. The van der Waals surface area contributed by atoms with Gasteiger partial charge in [-0.3, -0.25) is 4.72 Å². The molecule has 0 unspecified atom stereocenters. The molecule has 2 aromatic rings. The molecule has 0 aliphatic carbocycles. The molecule has 0 aliphatic heterocycles. The van der Waals surface area contributed by atoms with Crippen LogP contribution in [0.3, 0.4) is 0 Å². The van der Waals surface area contributed by atoms with Crippen LogP contribution >= 0.6 is 0 Å². The largest absolute Gasteiger partial charge is 0.464 e. The third-order valence-corrected chi connectivity index (χ3v) is 3.33. The summed E-state index contributed by atoms with van der Waals surface area (Å²) in [6.45, 7) is 2.64. The lowest BCUT2D eigenvalue weighted by Gasteiger charge is -2.07. The molecule has 0 saturated heterocycles. The van der Waals surface area contributed by atoms with Gasteiger partial charge in [0.15, 0.2) is 0 Å². The number of hydrogen-bond acceptors (Lipinski definition) is 4. The molecule has 108 valence electrons. The summed E-state index contributed by atoms with van der Waals surface area (Å²) in [5.41, 5.74) is 1.45. The zero-order chi connectivity index (χ0) is 14.6. The maximum Gasteiger partial charge on any atom is 0.229 e. The third-order valence-electron chi connectivity index (χ3n) is 2.72. The van der Waals surface area contributed by atoms with Crippen LogP contribution in [0.25, 0.3) is 0 Å². The summed E-state index contributed by atoms with van der Waals surface area (Å²) in [5.74, 6) is 1.84. The smallest absolute Gasteiger partial charge is 0.229 e. The number of anilines is 2. The quantitative estimate of drug-likeness (QED) is 0.859. The van der Waals surface area contributed by atoms with Crippen molar-refractivity contribution in [2.75, 3.05) is 16.3 Å². The number of rotatable bonds is 6. The van der Waals surface area contributed by atoms with Crippen LogP contribution in [-0.2, 0) is 23.0 Å². The highest BCUT2D eigenvalue weighted by atomic mass is 32.2. The Morgan fingerprint density at radius 3 is 2.15 bits per heavy atom. The summed E-state index contributed by atoms with van der Waals surface area (Å²) >= 11 is 0. The molecule has 1 heterocycles. The lowest BCUT2D eigenvalue weighted by atomic mass is 10.3. The van der Waals surface area contributed by atoms with Crippen LogP contribution in [0.5, 0.6) is 0 Å². The van der Waals surface area contributed by atoms with E-state index in [0.717, 1.165) is 29.9 Å². The molecular formula is C14H18N2O3S. The van der Waals surface area contributed by atoms with Gasteiger partial charge in [-0.2, -0.15) is 0 Å². The van der Waals surface area contributed by atoms with E-state index in [0.29, 0.717) is 12.2 Å². The lowest BCUT2D eigenvalue weighted by Crippen LogP contribution is -2.09. The first-order chi connectivity index (χ1) is 9.46. The maximum atomic E-state index is 11.1. The van der Waals surface area contributed by atoms with Crippen LogP contribution < -0.4 is 10.0 Å². The van der Waals surface area contributed by atoms with Gasteiger partial charge in [0.1, 0.15) is 11.5 Å². The van der Waals surface area contributed by atoms with E-state index in [2.05, 4.69) is 10.0 Å². The Balaban J connectivity index is 1.93. The van der Waals surface area contributed by atoms with Gasteiger partial charge in [0.25, 0.3) is 0 Å². The molecule has 2 rings (SSSR count). The number of nitrogens with one attached hydrogen (secondary N) is 2. The highest BCUT2D eigenvalue weighted by Gasteiger charge is 2.03. The topological polar surface area (TPSA) is 71.3 Å². The van der Waals surface area contributed by atoms with Crippen LogP contribution in [0, 0.1) is 0 Å². The van der Waals surface area contributed by atoms with Crippen molar-refractivity contribution in [3.05, 3.63) is 47.9 Å². The monoisotopic (exact) mass is 294 g/mol. The SMILES string of the molecule is CCc1ccc(CNc2ccc(NS(C)(=O)=O)cc2)o1. The molecule has 2 N–H and O–H groups in total. The van der Waals surface area contributed by atoms with E-state index in [1.165, 1.54) is 0 Å². The van der Waals surface area contributed by atoms with Crippen molar-refractivity contribution in [3.63, 3.8) is 0 Å². The number of hydrogen-bond donors (Lipinski definition) is 2. The minimum Gasteiger partial charge on any atom is -0.464 e. The van der Waals surface area contributed by atoms with Gasteiger partial charge >= 0.3 is 0 Å². The second-order valence-electron chi connectivity index (χ2n) is 4.53. The number of sulfonamides is 1. The van der Waals surface area contributed by atoms with Gasteiger partial charge in [0.2, 0.25) is 10.0 Å². The van der Waals surface area contributed by atoms with E-state index in [4.69, 9.17) is 4.42 Å². The van der Waals surface area contributed by atoms with Crippen LogP contribution in [0.1, 0.15) is 18.4 Å². The number of aryl methyl sites for hydroxylation is 1. The Bertz CT molecular complexity index is 660. The second kappa shape index (κ2) is 6.00. The summed E-state index contributed by atoms with van der Waals surface area (Å²) in [6.07, 6.45) is 2.01. The fourth-order valence-electron chi connectivity index (χ4n) is 1.77. The Kier molecular flexibility index (Phi) is 4.34. The van der Waals surface area contributed by atoms with E-state index < -0.39 is 10.0 Å². The summed E-state index contributed by atoms with van der Waals surface area (Å²) < 4.78 is 30.2. The summed E-state index contributed by atoms with van der Waals surface area (Å²) in [5, 5.41) is 3.22. The predicted molar refractivity (Wildman–Crippen MR) is 80.3 cm³/mol. The minimum absolute atomic E-state index is 0.546. The van der Waals surface area contributed by atoms with Crippen molar-refractivity contribution in [1.82, 2.24) is 0 Å². The molecule has 5 nitrogen and oxygen atoms in total. The first-order valence-electron chi connectivity index (χ1n) is 6.35. The first-order valence-corrected chi connectivity index (χ1v) is 8.25. The van der Waals surface area contributed by atoms with Crippen molar-refractivity contribution in [2.45, 2.75) is 19.9 Å². The van der Waals surface area contributed by atoms with Gasteiger partial charge < -0.3 is 9.73 Å². The Morgan fingerprint density at radius 1 is 1.00 bits per heavy atom. The number of furan rings is 1. The zero-order valence-corrected chi connectivity index (χ0v) is 12.3. The van der Waals surface area contributed by atoms with Crippen molar-refractivity contribution in [1.29, 1.82) is 0 Å². The highest BCUT2D eigenvalue weighted by molar-refractivity contribution is 7.92. The van der Waals surface area contributed by atoms with Crippen LogP contribution in [0.15, 0.2) is 40.8 Å². The Morgan fingerprint density at radius 2 is 1.60 bits per heavy atom. The molecule has 20 heavy (non-hydrogen) atoms. The molecule has 0 aliphatic rings. The van der Waals surface area contributed by atoms with Crippen molar-refractivity contribution >= 4 is 21.4 Å². The lowest BCUT2D eigenvalue weighted by molar-refractivity contribution is 0.476. The van der Waals surface area contributed by atoms with E-state index in [9.17, 15) is 8.42 Å². The molecule has 0 spiro atoms. The van der Waals surface area contributed by atoms with E-state index in [1.807, 2.05) is 31.2 Å².